The molecule has 1 aromatic rings. The Kier molecular flexibility index (Phi) is 3.30. The molecule has 0 aromatic heterocycles. The van der Waals surface area contributed by atoms with Gasteiger partial charge in [-0.15, -0.1) is 0 Å². The van der Waals surface area contributed by atoms with Crippen LogP contribution in [-0.2, 0) is 16.1 Å². The molecular weight excluding hydrogens is 228 g/mol. The Balaban J connectivity index is 1.65. The van der Waals surface area contributed by atoms with Gasteiger partial charge in [-0.3, -0.25) is 4.79 Å². The molecule has 18 heavy (non-hydrogen) atoms. The summed E-state index contributed by atoms with van der Waals surface area (Å²) in [7, 11) is 0. The fraction of sp³-hybridized carbons (Fsp3) is 0.500. The van der Waals surface area contributed by atoms with Crippen LogP contribution in [-0.4, -0.2) is 37.1 Å². The first-order chi connectivity index (χ1) is 8.84. The Morgan fingerprint density at radius 3 is 2.94 bits per heavy atom. The van der Waals surface area contributed by atoms with Crippen molar-refractivity contribution in [2.24, 2.45) is 0 Å². The van der Waals surface area contributed by atoms with Crippen LogP contribution in [0.4, 0.5) is 0 Å². The average Bonchev–Trinajstić information content (AvgIpc) is 2.83. The lowest BCUT2D eigenvalue weighted by molar-refractivity contribution is -0.135. The molecule has 3 rings (SSSR count). The zero-order valence-corrected chi connectivity index (χ0v) is 10.4. The van der Waals surface area contributed by atoms with Crippen LogP contribution in [0.15, 0.2) is 24.3 Å². The quantitative estimate of drug-likeness (QED) is 0.849. The van der Waals surface area contributed by atoms with E-state index >= 15 is 0 Å². The summed E-state index contributed by atoms with van der Waals surface area (Å²) in [5.74, 6) is 0.229. The van der Waals surface area contributed by atoms with Crippen molar-refractivity contribution in [3.63, 3.8) is 0 Å². The van der Waals surface area contributed by atoms with Crippen LogP contribution in [0.5, 0.6) is 0 Å². The molecule has 1 N–H and O–H groups in total. The molecule has 4 heteroatoms. The molecule has 1 aromatic carbocycles. The van der Waals surface area contributed by atoms with Crippen molar-refractivity contribution in [1.82, 2.24) is 10.2 Å². The van der Waals surface area contributed by atoms with Crippen molar-refractivity contribution in [2.45, 2.75) is 19.0 Å². The third-order valence-electron chi connectivity index (χ3n) is 3.71. The maximum absolute atomic E-state index is 12.2. The van der Waals surface area contributed by atoms with Crippen molar-refractivity contribution in [3.8, 4) is 0 Å². The van der Waals surface area contributed by atoms with E-state index in [2.05, 4.69) is 17.4 Å². The van der Waals surface area contributed by atoms with E-state index in [1.165, 1.54) is 11.1 Å². The number of benzene rings is 1. The van der Waals surface area contributed by atoms with Crippen LogP contribution in [0, 0.1) is 0 Å². The topological polar surface area (TPSA) is 41.6 Å². The molecule has 96 valence electrons. The molecular formula is C14H18N2O2. The van der Waals surface area contributed by atoms with Gasteiger partial charge in [0, 0.05) is 32.1 Å². The number of hydrogen-bond acceptors (Lipinski definition) is 3. The molecule has 1 amide bonds. The third-order valence-corrected chi connectivity index (χ3v) is 3.71. The highest BCUT2D eigenvalue weighted by Crippen LogP contribution is 2.27. The molecule has 0 saturated carbocycles. The molecule has 0 bridgehead atoms. The molecule has 2 aliphatic heterocycles. The molecule has 1 saturated heterocycles. The van der Waals surface area contributed by atoms with Gasteiger partial charge in [-0.1, -0.05) is 24.3 Å². The second kappa shape index (κ2) is 5.08. The van der Waals surface area contributed by atoms with Crippen molar-refractivity contribution >= 4 is 5.91 Å². The predicted octanol–water partition coefficient (Wildman–Crippen LogP) is 1.08. The smallest absolute Gasteiger partial charge is 0.224 e. The van der Waals surface area contributed by atoms with Gasteiger partial charge in [0.25, 0.3) is 0 Å². The highest BCUT2D eigenvalue weighted by molar-refractivity contribution is 5.77. The second-order valence-electron chi connectivity index (χ2n) is 4.83. The minimum atomic E-state index is 0.177. The largest absolute Gasteiger partial charge is 0.378 e. The van der Waals surface area contributed by atoms with Crippen LogP contribution in [0.2, 0.25) is 0 Å². The van der Waals surface area contributed by atoms with Crippen molar-refractivity contribution < 1.29 is 9.53 Å². The molecule has 1 atom stereocenters. The maximum atomic E-state index is 12.2. The second-order valence-corrected chi connectivity index (χ2v) is 4.83. The summed E-state index contributed by atoms with van der Waals surface area (Å²) in [4.78, 5) is 14.1. The van der Waals surface area contributed by atoms with Gasteiger partial charge < -0.3 is 15.0 Å². The van der Waals surface area contributed by atoms with Gasteiger partial charge in [0.1, 0.15) is 0 Å². The number of ether oxygens (including phenoxy) is 1. The minimum absolute atomic E-state index is 0.177. The SMILES string of the molecule is O=C(CC1NCc2ccccc21)N1CCOCC1. The van der Waals surface area contributed by atoms with Crippen LogP contribution >= 0.6 is 0 Å². The zero-order chi connectivity index (χ0) is 12.4. The van der Waals surface area contributed by atoms with Gasteiger partial charge in [-0.05, 0) is 11.1 Å². The first kappa shape index (κ1) is 11.7. The fourth-order valence-electron chi connectivity index (χ4n) is 2.68. The number of nitrogens with one attached hydrogen (secondary N) is 1. The number of morpholine rings is 1. The van der Waals surface area contributed by atoms with Crippen LogP contribution in [0.3, 0.4) is 0 Å². The molecule has 1 fully saturated rings. The summed E-state index contributed by atoms with van der Waals surface area (Å²) in [5, 5.41) is 3.41. The Morgan fingerprint density at radius 1 is 1.33 bits per heavy atom. The highest BCUT2D eigenvalue weighted by Gasteiger charge is 2.26. The van der Waals surface area contributed by atoms with E-state index in [0.29, 0.717) is 19.6 Å². The maximum Gasteiger partial charge on any atom is 0.224 e. The van der Waals surface area contributed by atoms with Crippen LogP contribution in [0.25, 0.3) is 0 Å². The summed E-state index contributed by atoms with van der Waals surface area (Å²) in [6.45, 7) is 3.67. The standard InChI is InChI=1S/C14H18N2O2/c17-14(16-5-7-18-8-6-16)9-13-12-4-2-1-3-11(12)10-15-13/h1-4,13,15H,5-10H2. The molecule has 0 spiro atoms. The summed E-state index contributed by atoms with van der Waals surface area (Å²) in [6.07, 6.45) is 0.553. The van der Waals surface area contributed by atoms with E-state index in [4.69, 9.17) is 4.74 Å². The van der Waals surface area contributed by atoms with Crippen molar-refractivity contribution in [2.75, 3.05) is 26.3 Å². The number of rotatable bonds is 2. The number of fused-ring (bicyclic) bond motifs is 1. The number of carbonyl (C=O) groups excluding carboxylic acids is 1. The van der Waals surface area contributed by atoms with Gasteiger partial charge in [0.15, 0.2) is 0 Å². The molecule has 1 unspecified atom stereocenters. The Bertz CT molecular complexity index is 441. The van der Waals surface area contributed by atoms with Crippen molar-refractivity contribution in [1.29, 1.82) is 0 Å². The summed E-state index contributed by atoms with van der Waals surface area (Å²) >= 11 is 0. The monoisotopic (exact) mass is 246 g/mol. The third kappa shape index (κ3) is 2.26. The molecule has 2 aliphatic rings. The predicted molar refractivity (Wildman–Crippen MR) is 68.0 cm³/mol. The fourth-order valence-corrected chi connectivity index (χ4v) is 2.68. The molecule has 2 heterocycles. The first-order valence-electron chi connectivity index (χ1n) is 6.51. The number of carbonyl (C=O) groups is 1. The Morgan fingerprint density at radius 2 is 2.11 bits per heavy atom. The van der Waals surface area contributed by atoms with Crippen molar-refractivity contribution in [3.05, 3.63) is 35.4 Å². The number of hydrogen-bond donors (Lipinski definition) is 1. The van der Waals surface area contributed by atoms with E-state index in [1.54, 1.807) is 0 Å². The van der Waals surface area contributed by atoms with Gasteiger partial charge in [-0.25, -0.2) is 0 Å². The lowest BCUT2D eigenvalue weighted by Crippen LogP contribution is -2.41. The number of nitrogens with zero attached hydrogens (tertiary/aromatic N) is 1. The van der Waals surface area contributed by atoms with Gasteiger partial charge in [0.2, 0.25) is 5.91 Å². The lowest BCUT2D eigenvalue weighted by Gasteiger charge is -2.28. The van der Waals surface area contributed by atoms with E-state index in [1.807, 2.05) is 17.0 Å². The number of amides is 1. The molecule has 0 radical (unpaired) electrons. The summed E-state index contributed by atoms with van der Waals surface area (Å²) in [6, 6.07) is 8.51. The van der Waals surface area contributed by atoms with E-state index in [-0.39, 0.29) is 11.9 Å². The Labute approximate surface area is 107 Å². The van der Waals surface area contributed by atoms with Crippen LogP contribution in [0.1, 0.15) is 23.6 Å². The van der Waals surface area contributed by atoms with Gasteiger partial charge in [-0.2, -0.15) is 0 Å². The average molecular weight is 246 g/mol. The Hall–Kier alpha value is -1.39. The van der Waals surface area contributed by atoms with E-state index in [9.17, 15) is 4.79 Å². The van der Waals surface area contributed by atoms with Gasteiger partial charge in [0.05, 0.1) is 13.2 Å². The highest BCUT2D eigenvalue weighted by atomic mass is 16.5. The first-order valence-corrected chi connectivity index (χ1v) is 6.51. The van der Waals surface area contributed by atoms with E-state index in [0.717, 1.165) is 19.6 Å². The molecule has 4 nitrogen and oxygen atoms in total. The lowest BCUT2D eigenvalue weighted by atomic mass is 10.0. The summed E-state index contributed by atoms with van der Waals surface area (Å²) in [5.41, 5.74) is 2.59. The summed E-state index contributed by atoms with van der Waals surface area (Å²) < 4.78 is 5.27. The zero-order valence-electron chi connectivity index (χ0n) is 10.4. The normalized spacial score (nSPS) is 22.9. The van der Waals surface area contributed by atoms with Gasteiger partial charge >= 0.3 is 0 Å². The molecule has 0 aliphatic carbocycles. The van der Waals surface area contributed by atoms with Crippen LogP contribution < -0.4 is 5.32 Å². The minimum Gasteiger partial charge on any atom is -0.378 e. The van der Waals surface area contributed by atoms with E-state index < -0.39 is 0 Å².